The Bertz CT molecular complexity index is 507. The molecule has 1 aromatic carbocycles. The molecule has 0 bridgehead atoms. The van der Waals surface area contributed by atoms with Crippen LogP contribution in [0.3, 0.4) is 0 Å². The summed E-state index contributed by atoms with van der Waals surface area (Å²) < 4.78 is 5.42. The number of thioether (sulfide) groups is 1. The summed E-state index contributed by atoms with van der Waals surface area (Å²) in [4.78, 5) is 0. The van der Waals surface area contributed by atoms with Crippen molar-refractivity contribution < 1.29 is 4.42 Å². The van der Waals surface area contributed by atoms with Gasteiger partial charge in [-0.25, -0.2) is 0 Å². The van der Waals surface area contributed by atoms with Crippen LogP contribution in [0.2, 0.25) is 0 Å². The molecule has 0 aliphatic carbocycles. The molecule has 114 valence electrons. The first-order chi connectivity index (χ1) is 10.2. The van der Waals surface area contributed by atoms with E-state index in [1.54, 1.807) is 6.26 Å². The lowest BCUT2D eigenvalue weighted by molar-refractivity contribution is 0.520. The SMILES string of the molecule is CCCNC(c1ccc(C)cc1)C(C)SCc1ccco1. The molecule has 1 aromatic heterocycles. The van der Waals surface area contributed by atoms with Crippen LogP contribution in [0.5, 0.6) is 0 Å². The maximum atomic E-state index is 5.42. The molecule has 0 aliphatic rings. The Labute approximate surface area is 132 Å². The number of aryl methyl sites for hydroxylation is 1. The molecular formula is C18H25NOS. The summed E-state index contributed by atoms with van der Waals surface area (Å²) in [7, 11) is 0. The number of rotatable bonds is 8. The number of hydrogen-bond donors (Lipinski definition) is 1. The van der Waals surface area contributed by atoms with E-state index >= 15 is 0 Å². The van der Waals surface area contributed by atoms with Crippen LogP contribution >= 0.6 is 11.8 Å². The molecule has 2 nitrogen and oxygen atoms in total. The lowest BCUT2D eigenvalue weighted by atomic mass is 10.0. The third kappa shape index (κ3) is 4.94. The van der Waals surface area contributed by atoms with Crippen molar-refractivity contribution in [1.29, 1.82) is 0 Å². The van der Waals surface area contributed by atoms with Crippen LogP contribution < -0.4 is 5.32 Å². The Kier molecular flexibility index (Phi) is 6.40. The minimum absolute atomic E-state index is 0.380. The van der Waals surface area contributed by atoms with Gasteiger partial charge < -0.3 is 9.73 Å². The molecule has 2 unspecified atom stereocenters. The van der Waals surface area contributed by atoms with Crippen LogP contribution in [-0.2, 0) is 5.75 Å². The van der Waals surface area contributed by atoms with Gasteiger partial charge in [-0.15, -0.1) is 11.8 Å². The van der Waals surface area contributed by atoms with Gasteiger partial charge in [-0.2, -0.15) is 0 Å². The number of hydrogen-bond acceptors (Lipinski definition) is 3. The molecule has 2 aromatic rings. The van der Waals surface area contributed by atoms with E-state index < -0.39 is 0 Å². The van der Waals surface area contributed by atoms with E-state index in [0.29, 0.717) is 11.3 Å². The highest BCUT2D eigenvalue weighted by Gasteiger charge is 2.19. The van der Waals surface area contributed by atoms with Gasteiger partial charge in [-0.05, 0) is 37.6 Å². The monoisotopic (exact) mass is 303 g/mol. The summed E-state index contributed by atoms with van der Waals surface area (Å²) in [6, 6.07) is 13.2. The van der Waals surface area contributed by atoms with Crippen LogP contribution in [0.4, 0.5) is 0 Å². The highest BCUT2D eigenvalue weighted by atomic mass is 32.2. The highest BCUT2D eigenvalue weighted by Crippen LogP contribution is 2.29. The Morgan fingerprint density at radius 2 is 1.95 bits per heavy atom. The van der Waals surface area contributed by atoms with E-state index in [0.717, 1.165) is 24.5 Å². The highest BCUT2D eigenvalue weighted by molar-refractivity contribution is 7.99. The Morgan fingerprint density at radius 1 is 1.19 bits per heavy atom. The number of nitrogens with one attached hydrogen (secondary N) is 1. The van der Waals surface area contributed by atoms with E-state index in [-0.39, 0.29) is 0 Å². The topological polar surface area (TPSA) is 25.2 Å². The first kappa shape index (κ1) is 16.2. The van der Waals surface area contributed by atoms with E-state index in [1.165, 1.54) is 11.1 Å². The van der Waals surface area contributed by atoms with Crippen molar-refractivity contribution in [3.8, 4) is 0 Å². The summed E-state index contributed by atoms with van der Waals surface area (Å²) >= 11 is 1.94. The van der Waals surface area contributed by atoms with E-state index in [2.05, 4.69) is 50.4 Å². The van der Waals surface area contributed by atoms with Gasteiger partial charge in [0, 0.05) is 11.3 Å². The van der Waals surface area contributed by atoms with Crippen molar-refractivity contribution in [1.82, 2.24) is 5.32 Å². The average molecular weight is 303 g/mol. The fourth-order valence-electron chi connectivity index (χ4n) is 2.33. The molecule has 0 aliphatic heterocycles. The number of benzene rings is 1. The zero-order valence-electron chi connectivity index (χ0n) is 13.1. The molecule has 0 fully saturated rings. The second-order valence-corrected chi connectivity index (χ2v) is 6.80. The summed E-state index contributed by atoms with van der Waals surface area (Å²) in [5.74, 6) is 1.97. The second kappa shape index (κ2) is 8.30. The Hall–Kier alpha value is -1.19. The Balaban J connectivity index is 2.01. The van der Waals surface area contributed by atoms with Crippen molar-refractivity contribution in [2.45, 2.75) is 44.2 Å². The fourth-order valence-corrected chi connectivity index (χ4v) is 3.37. The van der Waals surface area contributed by atoms with E-state index in [1.807, 2.05) is 23.9 Å². The van der Waals surface area contributed by atoms with Gasteiger partial charge in [0.25, 0.3) is 0 Å². The predicted octanol–water partition coefficient (Wildman–Crippen LogP) is 4.95. The van der Waals surface area contributed by atoms with Crippen LogP contribution in [0, 0.1) is 6.92 Å². The third-order valence-corrected chi connectivity index (χ3v) is 4.84. The van der Waals surface area contributed by atoms with E-state index in [9.17, 15) is 0 Å². The van der Waals surface area contributed by atoms with Gasteiger partial charge in [0.1, 0.15) is 5.76 Å². The predicted molar refractivity (Wildman–Crippen MR) is 91.7 cm³/mol. The average Bonchev–Trinajstić information content (AvgIpc) is 3.00. The molecule has 2 atom stereocenters. The third-order valence-electron chi connectivity index (χ3n) is 3.59. The van der Waals surface area contributed by atoms with Gasteiger partial charge in [0.05, 0.1) is 12.0 Å². The fraction of sp³-hybridized carbons (Fsp3) is 0.444. The van der Waals surface area contributed by atoms with E-state index in [4.69, 9.17) is 4.42 Å². The minimum atomic E-state index is 0.380. The molecule has 0 saturated heterocycles. The molecular weight excluding hydrogens is 278 g/mol. The standard InChI is InChI=1S/C18H25NOS/c1-4-11-19-18(16-9-7-14(2)8-10-16)15(3)21-13-17-6-5-12-20-17/h5-10,12,15,18-19H,4,11,13H2,1-3H3. The van der Waals surface area contributed by atoms with Crippen molar-refractivity contribution in [2.75, 3.05) is 6.54 Å². The summed E-state index contributed by atoms with van der Waals surface area (Å²) in [6.07, 6.45) is 2.89. The molecule has 1 heterocycles. The zero-order valence-corrected chi connectivity index (χ0v) is 14.0. The molecule has 21 heavy (non-hydrogen) atoms. The van der Waals surface area contributed by atoms with Gasteiger partial charge >= 0.3 is 0 Å². The van der Waals surface area contributed by atoms with Crippen molar-refractivity contribution in [2.24, 2.45) is 0 Å². The van der Waals surface area contributed by atoms with Crippen molar-refractivity contribution in [3.63, 3.8) is 0 Å². The lowest BCUT2D eigenvalue weighted by Gasteiger charge is -2.25. The summed E-state index contributed by atoms with van der Waals surface area (Å²) in [6.45, 7) is 7.68. The lowest BCUT2D eigenvalue weighted by Crippen LogP contribution is -2.29. The van der Waals surface area contributed by atoms with Gasteiger partial charge in [-0.3, -0.25) is 0 Å². The first-order valence-corrected chi connectivity index (χ1v) is 8.69. The van der Waals surface area contributed by atoms with Crippen LogP contribution in [-0.4, -0.2) is 11.8 Å². The molecule has 2 rings (SSSR count). The normalized spacial score (nSPS) is 14.0. The maximum absolute atomic E-state index is 5.42. The first-order valence-electron chi connectivity index (χ1n) is 7.64. The molecule has 1 N–H and O–H groups in total. The molecule has 3 heteroatoms. The molecule has 0 saturated carbocycles. The summed E-state index contributed by atoms with van der Waals surface area (Å²) in [5.41, 5.74) is 2.68. The van der Waals surface area contributed by atoms with Crippen LogP contribution in [0.15, 0.2) is 47.1 Å². The minimum Gasteiger partial charge on any atom is -0.468 e. The Morgan fingerprint density at radius 3 is 2.57 bits per heavy atom. The van der Waals surface area contributed by atoms with Crippen molar-refractivity contribution >= 4 is 11.8 Å². The van der Waals surface area contributed by atoms with Crippen LogP contribution in [0.25, 0.3) is 0 Å². The maximum Gasteiger partial charge on any atom is 0.113 e. The molecule has 0 spiro atoms. The van der Waals surface area contributed by atoms with Gasteiger partial charge in [0.15, 0.2) is 0 Å². The molecule has 0 radical (unpaired) electrons. The molecule has 0 amide bonds. The zero-order chi connectivity index (χ0) is 15.1. The summed E-state index contributed by atoms with van der Waals surface area (Å²) in [5, 5.41) is 4.17. The van der Waals surface area contributed by atoms with Gasteiger partial charge in [0.2, 0.25) is 0 Å². The smallest absolute Gasteiger partial charge is 0.113 e. The number of furan rings is 1. The largest absolute Gasteiger partial charge is 0.468 e. The quantitative estimate of drug-likeness (QED) is 0.747. The van der Waals surface area contributed by atoms with Gasteiger partial charge in [-0.1, -0.05) is 43.7 Å². The second-order valence-electron chi connectivity index (χ2n) is 5.44. The van der Waals surface area contributed by atoms with Crippen LogP contribution in [0.1, 0.15) is 43.2 Å². The van der Waals surface area contributed by atoms with Crippen molar-refractivity contribution in [3.05, 3.63) is 59.5 Å².